The van der Waals surface area contributed by atoms with Crippen LogP contribution in [0, 0.1) is 5.41 Å². The van der Waals surface area contributed by atoms with E-state index >= 15 is 0 Å². The third kappa shape index (κ3) is 5.98. The second kappa shape index (κ2) is 10.3. The highest BCUT2D eigenvalue weighted by molar-refractivity contribution is 6.48. The van der Waals surface area contributed by atoms with Crippen molar-refractivity contribution in [3.63, 3.8) is 0 Å². The van der Waals surface area contributed by atoms with Gasteiger partial charge in [-0.15, -0.1) is 0 Å². The van der Waals surface area contributed by atoms with Crippen molar-refractivity contribution >= 4 is 9.04 Å². The molecule has 2 aromatic rings. The fraction of sp³-hybridized carbons (Fsp3) is 0.538. The molecule has 2 aromatic carbocycles. The van der Waals surface area contributed by atoms with Crippen molar-refractivity contribution in [2.45, 2.75) is 71.8 Å². The zero-order valence-corrected chi connectivity index (χ0v) is 20.8. The first kappa shape index (κ1) is 24.0. The van der Waals surface area contributed by atoms with Crippen LogP contribution in [0.25, 0.3) is 0 Å². The van der Waals surface area contributed by atoms with E-state index in [1.807, 2.05) is 12.1 Å². The summed E-state index contributed by atoms with van der Waals surface area (Å²) >= 11 is 0. The standard InChI is InChI=1S/C26H37O4Si/c1-26(2,3)25(30-31(5)6)19-13-11-18(12-14-19)24(27)22-15-20-9-7-8-10-21(20)16-23(22)29-17-28-4/h11-16,24-25,27H,7-10,17H2,1-6H3. The number of aliphatic hydroxyl groups is 1. The van der Waals surface area contributed by atoms with E-state index in [9.17, 15) is 5.11 Å². The van der Waals surface area contributed by atoms with Crippen LogP contribution in [-0.4, -0.2) is 28.0 Å². The number of aliphatic hydroxyl groups excluding tert-OH is 1. The molecule has 2 atom stereocenters. The molecular formula is C26H37O4Si. The fourth-order valence-corrected chi connectivity index (χ4v) is 5.22. The second-order valence-corrected chi connectivity index (χ2v) is 11.8. The number of rotatable bonds is 8. The zero-order valence-electron chi connectivity index (χ0n) is 19.8. The highest BCUT2D eigenvalue weighted by Gasteiger charge is 2.28. The first-order valence-corrected chi connectivity index (χ1v) is 13.6. The molecule has 1 aliphatic carbocycles. The summed E-state index contributed by atoms with van der Waals surface area (Å²) in [6.45, 7) is 11.1. The summed E-state index contributed by atoms with van der Waals surface area (Å²) in [5, 5.41) is 11.3. The lowest BCUT2D eigenvalue weighted by Crippen LogP contribution is -2.25. The Balaban J connectivity index is 1.91. The predicted molar refractivity (Wildman–Crippen MR) is 127 cm³/mol. The van der Waals surface area contributed by atoms with Crippen molar-refractivity contribution in [2.75, 3.05) is 13.9 Å². The molecule has 2 unspecified atom stereocenters. The molecule has 0 saturated carbocycles. The van der Waals surface area contributed by atoms with Crippen LogP contribution in [0.15, 0.2) is 36.4 Å². The van der Waals surface area contributed by atoms with Gasteiger partial charge in [-0.2, -0.15) is 0 Å². The fourth-order valence-electron chi connectivity index (χ4n) is 4.26. The molecule has 0 fully saturated rings. The highest BCUT2D eigenvalue weighted by Crippen LogP contribution is 2.39. The SMILES string of the molecule is COCOc1cc2c(cc1C(O)c1ccc(C(O[Si](C)C)C(C)(C)C)cc1)CCCC2. The summed E-state index contributed by atoms with van der Waals surface area (Å²) in [7, 11) is 0.779. The number of aryl methyl sites for hydroxylation is 2. The normalized spacial score (nSPS) is 16.1. The van der Waals surface area contributed by atoms with Crippen molar-refractivity contribution in [2.24, 2.45) is 5.41 Å². The average molecular weight is 442 g/mol. The van der Waals surface area contributed by atoms with Gasteiger partial charge in [0.25, 0.3) is 0 Å². The zero-order chi connectivity index (χ0) is 22.6. The Labute approximate surface area is 189 Å². The van der Waals surface area contributed by atoms with Crippen molar-refractivity contribution in [1.29, 1.82) is 0 Å². The van der Waals surface area contributed by atoms with E-state index in [-0.39, 0.29) is 18.3 Å². The van der Waals surface area contributed by atoms with E-state index in [1.165, 1.54) is 24.0 Å². The Bertz CT molecular complexity index is 855. The first-order valence-electron chi connectivity index (χ1n) is 11.2. The Hall–Kier alpha value is -1.66. The van der Waals surface area contributed by atoms with Crippen molar-refractivity contribution < 1.29 is 19.0 Å². The van der Waals surface area contributed by atoms with Crippen molar-refractivity contribution in [3.8, 4) is 5.75 Å². The van der Waals surface area contributed by atoms with Gasteiger partial charge in [0, 0.05) is 12.7 Å². The van der Waals surface area contributed by atoms with Gasteiger partial charge in [0.15, 0.2) is 6.79 Å². The Kier molecular flexibility index (Phi) is 7.97. The van der Waals surface area contributed by atoms with Crippen LogP contribution in [0.4, 0.5) is 0 Å². The molecule has 0 heterocycles. The maximum absolute atomic E-state index is 11.3. The van der Waals surface area contributed by atoms with Crippen LogP contribution in [-0.2, 0) is 22.0 Å². The highest BCUT2D eigenvalue weighted by atomic mass is 28.3. The van der Waals surface area contributed by atoms with E-state index in [2.05, 4.69) is 58.1 Å². The van der Waals surface area contributed by atoms with E-state index < -0.39 is 15.1 Å². The average Bonchev–Trinajstić information content (AvgIpc) is 2.74. The number of hydrogen-bond donors (Lipinski definition) is 1. The monoisotopic (exact) mass is 441 g/mol. The van der Waals surface area contributed by atoms with Gasteiger partial charge in [0.1, 0.15) is 11.9 Å². The summed E-state index contributed by atoms with van der Waals surface area (Å²) in [5.41, 5.74) is 5.46. The minimum absolute atomic E-state index is 0.00171. The quantitative estimate of drug-likeness (QED) is 0.404. The summed E-state index contributed by atoms with van der Waals surface area (Å²) in [6.07, 6.45) is 3.81. The number of ether oxygens (including phenoxy) is 2. The van der Waals surface area contributed by atoms with Crippen LogP contribution in [0.5, 0.6) is 5.75 Å². The molecule has 31 heavy (non-hydrogen) atoms. The number of fused-ring (bicyclic) bond motifs is 1. The molecule has 0 spiro atoms. The topological polar surface area (TPSA) is 47.9 Å². The number of methoxy groups -OCH3 is 1. The molecule has 1 aliphatic rings. The van der Waals surface area contributed by atoms with Gasteiger partial charge in [0.2, 0.25) is 9.04 Å². The Morgan fingerprint density at radius 3 is 2.10 bits per heavy atom. The molecule has 0 aromatic heterocycles. The molecule has 0 amide bonds. The summed E-state index contributed by atoms with van der Waals surface area (Å²) in [4.78, 5) is 0. The molecular weight excluding hydrogens is 404 g/mol. The Morgan fingerprint density at radius 2 is 1.55 bits per heavy atom. The van der Waals surface area contributed by atoms with E-state index in [1.54, 1.807) is 7.11 Å². The van der Waals surface area contributed by atoms with Gasteiger partial charge >= 0.3 is 0 Å². The largest absolute Gasteiger partial charge is 0.467 e. The third-order valence-corrected chi connectivity index (χ3v) is 6.50. The molecule has 4 nitrogen and oxygen atoms in total. The summed E-state index contributed by atoms with van der Waals surface area (Å²) < 4.78 is 17.3. The Morgan fingerprint density at radius 1 is 0.968 bits per heavy atom. The van der Waals surface area contributed by atoms with Gasteiger partial charge in [0.05, 0.1) is 6.10 Å². The first-order chi connectivity index (χ1) is 14.7. The van der Waals surface area contributed by atoms with Crippen molar-refractivity contribution in [1.82, 2.24) is 0 Å². The molecule has 1 N–H and O–H groups in total. The van der Waals surface area contributed by atoms with Gasteiger partial charge in [-0.05, 0) is 78.6 Å². The molecule has 0 aliphatic heterocycles. The lowest BCUT2D eigenvalue weighted by atomic mass is 9.84. The smallest absolute Gasteiger partial charge is 0.205 e. The lowest BCUT2D eigenvalue weighted by molar-refractivity contribution is 0.0487. The number of benzene rings is 2. The van der Waals surface area contributed by atoms with Crippen molar-refractivity contribution in [3.05, 3.63) is 64.2 Å². The van der Waals surface area contributed by atoms with E-state index in [0.717, 1.165) is 29.5 Å². The van der Waals surface area contributed by atoms with Gasteiger partial charge in [-0.25, -0.2) is 0 Å². The van der Waals surface area contributed by atoms with Gasteiger partial charge in [-0.3, -0.25) is 0 Å². The van der Waals surface area contributed by atoms with Crippen LogP contribution in [0.2, 0.25) is 13.1 Å². The molecule has 3 rings (SSSR count). The maximum atomic E-state index is 11.3. The van der Waals surface area contributed by atoms with E-state index in [4.69, 9.17) is 13.9 Å². The van der Waals surface area contributed by atoms with E-state index in [0.29, 0.717) is 5.75 Å². The third-order valence-electron chi connectivity index (χ3n) is 5.80. The van der Waals surface area contributed by atoms with Crippen LogP contribution in [0.1, 0.15) is 73.6 Å². The molecule has 169 valence electrons. The molecule has 5 heteroatoms. The summed E-state index contributed by atoms with van der Waals surface area (Å²) in [6, 6.07) is 12.4. The second-order valence-electron chi connectivity index (χ2n) is 9.76. The van der Waals surface area contributed by atoms with Crippen LogP contribution >= 0.6 is 0 Å². The predicted octanol–water partition coefficient (Wildman–Crippen LogP) is 5.98. The minimum Gasteiger partial charge on any atom is -0.467 e. The molecule has 0 bridgehead atoms. The number of hydrogen-bond acceptors (Lipinski definition) is 4. The maximum Gasteiger partial charge on any atom is 0.205 e. The lowest BCUT2D eigenvalue weighted by Gasteiger charge is -2.33. The van der Waals surface area contributed by atoms with Gasteiger partial charge in [-0.1, -0.05) is 45.0 Å². The molecule has 1 radical (unpaired) electrons. The molecule has 0 saturated heterocycles. The minimum atomic E-state index is -0.832. The summed E-state index contributed by atoms with van der Waals surface area (Å²) in [5.74, 6) is 0.708. The van der Waals surface area contributed by atoms with Crippen LogP contribution < -0.4 is 4.74 Å². The van der Waals surface area contributed by atoms with Gasteiger partial charge < -0.3 is 19.0 Å². The van der Waals surface area contributed by atoms with Crippen LogP contribution in [0.3, 0.4) is 0 Å².